The molecular formula is C14H21N5O. The molecule has 3 heterocycles. The van der Waals surface area contributed by atoms with E-state index in [1.807, 2.05) is 4.90 Å². The Morgan fingerprint density at radius 2 is 2.15 bits per heavy atom. The second-order valence-corrected chi connectivity index (χ2v) is 5.50. The monoisotopic (exact) mass is 275 g/mol. The van der Waals surface area contributed by atoms with Gasteiger partial charge < -0.3 is 10.3 Å². The molecule has 1 amide bonds. The number of amides is 1. The third kappa shape index (κ3) is 2.48. The molecule has 3 N–H and O–H groups in total. The summed E-state index contributed by atoms with van der Waals surface area (Å²) < 4.78 is 0. The van der Waals surface area contributed by atoms with Crippen molar-refractivity contribution in [2.45, 2.75) is 25.3 Å². The van der Waals surface area contributed by atoms with Gasteiger partial charge in [0.15, 0.2) is 0 Å². The van der Waals surface area contributed by atoms with E-state index in [2.05, 4.69) is 15.3 Å². The number of nitrogen functional groups attached to an aromatic ring is 1. The molecule has 1 unspecified atom stereocenters. The summed E-state index contributed by atoms with van der Waals surface area (Å²) in [7, 11) is 0. The lowest BCUT2D eigenvalue weighted by molar-refractivity contribution is 0.0781. The maximum atomic E-state index is 12.6. The van der Waals surface area contributed by atoms with E-state index in [1.54, 1.807) is 18.5 Å². The molecule has 3 rings (SSSR count). The van der Waals surface area contributed by atoms with Crippen molar-refractivity contribution in [3.63, 3.8) is 0 Å². The van der Waals surface area contributed by atoms with Gasteiger partial charge in [0.25, 0.3) is 5.91 Å². The zero-order valence-electron chi connectivity index (χ0n) is 11.6. The molecule has 0 bridgehead atoms. The minimum absolute atomic E-state index is 0.0436. The van der Waals surface area contributed by atoms with Gasteiger partial charge in [-0.2, -0.15) is 0 Å². The first-order chi connectivity index (χ1) is 9.79. The molecule has 0 saturated carbocycles. The Kier molecular flexibility index (Phi) is 3.84. The topological polar surface area (TPSA) is 74.5 Å². The number of nitrogens with two attached hydrogens (primary N) is 1. The zero-order valence-corrected chi connectivity index (χ0v) is 11.6. The normalized spacial score (nSPS) is 23.2. The Morgan fingerprint density at radius 3 is 2.90 bits per heavy atom. The molecule has 108 valence electrons. The number of hydrogen-bond acceptors (Lipinski definition) is 5. The van der Waals surface area contributed by atoms with Gasteiger partial charge >= 0.3 is 0 Å². The maximum Gasteiger partial charge on any atom is 0.256 e. The molecule has 6 heteroatoms. The number of aromatic nitrogens is 1. The summed E-state index contributed by atoms with van der Waals surface area (Å²) in [5.41, 5.74) is 3.73. The van der Waals surface area contributed by atoms with Crippen LogP contribution >= 0.6 is 0 Å². The standard InChI is InChI=1S/C14H21N5O/c15-17-13-9-16-5-3-12(13)14(20)19-8-4-11(10-19)18-6-1-2-7-18/h3,5,9,11,17H,1-2,4,6-8,10,15H2. The molecule has 20 heavy (non-hydrogen) atoms. The highest BCUT2D eigenvalue weighted by molar-refractivity contribution is 5.99. The largest absolute Gasteiger partial charge is 0.337 e. The molecule has 2 fully saturated rings. The van der Waals surface area contributed by atoms with E-state index >= 15 is 0 Å². The van der Waals surface area contributed by atoms with Gasteiger partial charge in [0.1, 0.15) is 0 Å². The predicted octanol–water partition coefficient (Wildman–Crippen LogP) is 0.677. The molecule has 1 aromatic rings. The first kappa shape index (κ1) is 13.3. The molecule has 2 saturated heterocycles. The average Bonchev–Trinajstić information content (AvgIpc) is 3.16. The zero-order chi connectivity index (χ0) is 13.9. The summed E-state index contributed by atoms with van der Waals surface area (Å²) in [4.78, 5) is 21.0. The molecule has 2 aliphatic heterocycles. The summed E-state index contributed by atoms with van der Waals surface area (Å²) in [6.07, 6.45) is 6.86. The molecule has 1 aromatic heterocycles. The molecular weight excluding hydrogens is 254 g/mol. The van der Waals surface area contributed by atoms with Crippen LogP contribution in [0.4, 0.5) is 5.69 Å². The van der Waals surface area contributed by atoms with E-state index in [0.29, 0.717) is 17.3 Å². The number of likely N-dealkylation sites (tertiary alicyclic amines) is 2. The van der Waals surface area contributed by atoms with Crippen molar-refractivity contribution < 1.29 is 4.79 Å². The van der Waals surface area contributed by atoms with Crippen molar-refractivity contribution in [1.82, 2.24) is 14.8 Å². The fourth-order valence-corrected chi connectivity index (χ4v) is 3.20. The van der Waals surface area contributed by atoms with Crippen molar-refractivity contribution >= 4 is 11.6 Å². The van der Waals surface area contributed by atoms with Gasteiger partial charge in [-0.25, -0.2) is 0 Å². The van der Waals surface area contributed by atoms with Crippen molar-refractivity contribution in [2.24, 2.45) is 5.84 Å². The number of carbonyl (C=O) groups is 1. The van der Waals surface area contributed by atoms with Crippen LogP contribution in [0, 0.1) is 0 Å². The predicted molar refractivity (Wildman–Crippen MR) is 77.2 cm³/mol. The van der Waals surface area contributed by atoms with E-state index in [1.165, 1.54) is 25.9 Å². The minimum Gasteiger partial charge on any atom is -0.337 e. The highest BCUT2D eigenvalue weighted by Crippen LogP contribution is 2.23. The molecule has 1 atom stereocenters. The van der Waals surface area contributed by atoms with E-state index in [0.717, 1.165) is 19.5 Å². The minimum atomic E-state index is 0.0436. The summed E-state index contributed by atoms with van der Waals surface area (Å²) in [5.74, 6) is 5.49. The molecule has 0 aromatic carbocycles. The first-order valence-corrected chi connectivity index (χ1v) is 7.23. The van der Waals surface area contributed by atoms with Gasteiger partial charge in [0.2, 0.25) is 0 Å². The Hall–Kier alpha value is -1.66. The molecule has 0 aliphatic carbocycles. The van der Waals surface area contributed by atoms with E-state index in [9.17, 15) is 4.79 Å². The summed E-state index contributed by atoms with van der Waals surface area (Å²) in [5, 5.41) is 0. The van der Waals surface area contributed by atoms with E-state index < -0.39 is 0 Å². The number of carbonyl (C=O) groups excluding carboxylic acids is 1. The average molecular weight is 275 g/mol. The van der Waals surface area contributed by atoms with Gasteiger partial charge in [-0.15, -0.1) is 0 Å². The fourth-order valence-electron chi connectivity index (χ4n) is 3.20. The first-order valence-electron chi connectivity index (χ1n) is 7.23. The quantitative estimate of drug-likeness (QED) is 0.627. The van der Waals surface area contributed by atoms with Crippen molar-refractivity contribution in [3.8, 4) is 0 Å². The lowest BCUT2D eigenvalue weighted by Gasteiger charge is -2.24. The number of nitrogens with zero attached hydrogens (tertiary/aromatic N) is 3. The van der Waals surface area contributed by atoms with Crippen LogP contribution in [-0.4, -0.2) is 52.9 Å². The van der Waals surface area contributed by atoms with Crippen molar-refractivity contribution in [2.75, 3.05) is 31.6 Å². The van der Waals surface area contributed by atoms with Gasteiger partial charge in [-0.3, -0.25) is 20.5 Å². The molecule has 2 aliphatic rings. The Morgan fingerprint density at radius 1 is 1.35 bits per heavy atom. The number of hydrogen-bond donors (Lipinski definition) is 2. The SMILES string of the molecule is NNc1cnccc1C(=O)N1CCC(N2CCCC2)C1. The number of pyridine rings is 1. The maximum absolute atomic E-state index is 12.6. The number of hydrazine groups is 1. The Bertz CT molecular complexity index is 486. The second kappa shape index (κ2) is 5.76. The third-order valence-electron chi connectivity index (χ3n) is 4.31. The van der Waals surface area contributed by atoms with Gasteiger partial charge in [-0.1, -0.05) is 0 Å². The summed E-state index contributed by atoms with van der Waals surface area (Å²) in [6.45, 7) is 4.01. The van der Waals surface area contributed by atoms with Gasteiger partial charge in [0.05, 0.1) is 17.4 Å². The lowest BCUT2D eigenvalue weighted by atomic mass is 10.2. The Labute approximate surface area is 118 Å². The van der Waals surface area contributed by atoms with Crippen LogP contribution in [0.15, 0.2) is 18.5 Å². The smallest absolute Gasteiger partial charge is 0.256 e. The lowest BCUT2D eigenvalue weighted by Crippen LogP contribution is -2.37. The van der Waals surface area contributed by atoms with Crippen molar-refractivity contribution in [1.29, 1.82) is 0 Å². The third-order valence-corrected chi connectivity index (χ3v) is 4.31. The van der Waals surface area contributed by atoms with Crippen LogP contribution in [0.1, 0.15) is 29.6 Å². The molecule has 0 radical (unpaired) electrons. The highest BCUT2D eigenvalue weighted by Gasteiger charge is 2.32. The van der Waals surface area contributed by atoms with Crippen LogP contribution in [-0.2, 0) is 0 Å². The number of rotatable bonds is 3. The highest BCUT2D eigenvalue weighted by atomic mass is 16.2. The van der Waals surface area contributed by atoms with E-state index in [4.69, 9.17) is 5.84 Å². The summed E-state index contributed by atoms with van der Waals surface area (Å²) >= 11 is 0. The van der Waals surface area contributed by atoms with Crippen LogP contribution in [0.25, 0.3) is 0 Å². The van der Waals surface area contributed by atoms with Crippen LogP contribution in [0.2, 0.25) is 0 Å². The number of nitrogens with one attached hydrogen (secondary N) is 1. The van der Waals surface area contributed by atoms with Crippen LogP contribution < -0.4 is 11.3 Å². The molecule has 0 spiro atoms. The molecule has 6 nitrogen and oxygen atoms in total. The van der Waals surface area contributed by atoms with Gasteiger partial charge in [-0.05, 0) is 38.4 Å². The Balaban J connectivity index is 1.69. The van der Waals surface area contributed by atoms with Crippen molar-refractivity contribution in [3.05, 3.63) is 24.0 Å². The van der Waals surface area contributed by atoms with E-state index in [-0.39, 0.29) is 5.91 Å². The van der Waals surface area contributed by atoms with Gasteiger partial charge in [0, 0.05) is 25.3 Å². The fraction of sp³-hybridized carbons (Fsp3) is 0.571. The van der Waals surface area contributed by atoms with Crippen LogP contribution in [0.3, 0.4) is 0 Å². The second-order valence-electron chi connectivity index (χ2n) is 5.50. The van der Waals surface area contributed by atoms with Crippen LogP contribution in [0.5, 0.6) is 0 Å². The summed E-state index contributed by atoms with van der Waals surface area (Å²) in [6, 6.07) is 2.25. The number of anilines is 1.